The lowest BCUT2D eigenvalue weighted by molar-refractivity contribution is -0.384. The van der Waals surface area contributed by atoms with Crippen LogP contribution in [0.15, 0.2) is 24.3 Å². The van der Waals surface area contributed by atoms with Gasteiger partial charge >= 0.3 is 0 Å². The minimum absolute atomic E-state index is 0.0604. The Hall–Kier alpha value is -1.66. The molecule has 20 heavy (non-hydrogen) atoms. The summed E-state index contributed by atoms with van der Waals surface area (Å²) in [5, 5.41) is 22.7. The fourth-order valence-electron chi connectivity index (χ4n) is 1.84. The molecule has 0 fully saturated rings. The second kappa shape index (κ2) is 9.28. The fraction of sp³-hybridized carbons (Fsp3) is 0.571. The van der Waals surface area contributed by atoms with E-state index in [9.17, 15) is 10.1 Å². The molecule has 0 saturated carbocycles. The third-order valence-corrected chi connectivity index (χ3v) is 3.14. The van der Waals surface area contributed by atoms with Crippen LogP contribution in [0.25, 0.3) is 0 Å². The van der Waals surface area contributed by atoms with Crippen molar-refractivity contribution >= 4 is 5.69 Å². The molecule has 0 radical (unpaired) electrons. The van der Waals surface area contributed by atoms with E-state index in [-0.39, 0.29) is 12.3 Å². The van der Waals surface area contributed by atoms with Gasteiger partial charge in [-0.2, -0.15) is 0 Å². The first kappa shape index (κ1) is 16.4. The van der Waals surface area contributed by atoms with Crippen LogP contribution in [-0.2, 0) is 0 Å². The predicted molar refractivity (Wildman–Crippen MR) is 76.9 cm³/mol. The Balaban J connectivity index is 2.19. The van der Waals surface area contributed by atoms with Crippen molar-refractivity contribution in [2.45, 2.75) is 19.8 Å². The maximum atomic E-state index is 10.5. The molecule has 1 aromatic rings. The summed E-state index contributed by atoms with van der Waals surface area (Å²) in [6.07, 6.45) is 1.85. The highest BCUT2D eigenvalue weighted by atomic mass is 16.6. The van der Waals surface area contributed by atoms with Crippen molar-refractivity contribution in [2.75, 3.05) is 26.3 Å². The Labute approximate surface area is 118 Å². The summed E-state index contributed by atoms with van der Waals surface area (Å²) >= 11 is 0. The molecule has 1 aromatic carbocycles. The lowest BCUT2D eigenvalue weighted by atomic mass is 10.0. The average Bonchev–Trinajstić information content (AvgIpc) is 2.46. The van der Waals surface area contributed by atoms with Crippen LogP contribution in [0.4, 0.5) is 5.69 Å². The maximum absolute atomic E-state index is 10.5. The molecular weight excluding hydrogens is 260 g/mol. The standard InChI is InChI=1S/C14H22N2O4/c1-2-12(7-9-17)11-15-8-10-20-14-5-3-13(4-6-14)16(18)19/h3-6,12,15,17H,2,7-11H2,1H3. The molecule has 0 heterocycles. The topological polar surface area (TPSA) is 84.6 Å². The Morgan fingerprint density at radius 1 is 1.40 bits per heavy atom. The van der Waals surface area contributed by atoms with E-state index in [1.807, 2.05) is 0 Å². The van der Waals surface area contributed by atoms with Crippen LogP contribution in [0, 0.1) is 16.0 Å². The van der Waals surface area contributed by atoms with Gasteiger partial charge in [-0.1, -0.05) is 13.3 Å². The summed E-state index contributed by atoms with van der Waals surface area (Å²) in [7, 11) is 0. The first-order valence-electron chi connectivity index (χ1n) is 6.86. The first-order chi connectivity index (χ1) is 9.67. The van der Waals surface area contributed by atoms with E-state index in [2.05, 4.69) is 12.2 Å². The summed E-state index contributed by atoms with van der Waals surface area (Å²) in [4.78, 5) is 10.1. The van der Waals surface area contributed by atoms with Crippen LogP contribution in [0.2, 0.25) is 0 Å². The van der Waals surface area contributed by atoms with Crippen molar-refractivity contribution in [3.8, 4) is 5.75 Å². The number of nitrogens with one attached hydrogen (secondary N) is 1. The molecule has 6 heteroatoms. The molecule has 1 unspecified atom stereocenters. The highest BCUT2D eigenvalue weighted by molar-refractivity contribution is 5.35. The first-order valence-corrected chi connectivity index (χ1v) is 6.86. The summed E-state index contributed by atoms with van der Waals surface area (Å²) in [6, 6.07) is 6.05. The van der Waals surface area contributed by atoms with Crippen molar-refractivity contribution in [3.63, 3.8) is 0 Å². The van der Waals surface area contributed by atoms with Crippen molar-refractivity contribution in [1.82, 2.24) is 5.32 Å². The zero-order valence-electron chi connectivity index (χ0n) is 11.7. The minimum Gasteiger partial charge on any atom is -0.492 e. The smallest absolute Gasteiger partial charge is 0.269 e. The molecule has 0 bridgehead atoms. The zero-order valence-corrected chi connectivity index (χ0v) is 11.7. The molecule has 1 rings (SSSR count). The highest BCUT2D eigenvalue weighted by Gasteiger charge is 2.05. The molecule has 0 aliphatic heterocycles. The third-order valence-electron chi connectivity index (χ3n) is 3.14. The SMILES string of the molecule is CCC(CCO)CNCCOc1ccc([N+](=O)[O-])cc1. The molecule has 0 aliphatic rings. The number of aliphatic hydroxyl groups is 1. The van der Waals surface area contributed by atoms with E-state index < -0.39 is 4.92 Å². The van der Waals surface area contributed by atoms with Gasteiger partial charge in [-0.15, -0.1) is 0 Å². The molecule has 112 valence electrons. The molecule has 1 atom stereocenters. The largest absolute Gasteiger partial charge is 0.492 e. The van der Waals surface area contributed by atoms with E-state index in [1.54, 1.807) is 12.1 Å². The van der Waals surface area contributed by atoms with Crippen LogP contribution in [0.3, 0.4) is 0 Å². The van der Waals surface area contributed by atoms with Crippen LogP contribution < -0.4 is 10.1 Å². The number of hydrogen-bond donors (Lipinski definition) is 2. The van der Waals surface area contributed by atoms with Gasteiger partial charge in [0.1, 0.15) is 12.4 Å². The molecule has 0 spiro atoms. The number of nitro benzene ring substituents is 1. The van der Waals surface area contributed by atoms with Gasteiger partial charge in [0.05, 0.1) is 4.92 Å². The highest BCUT2D eigenvalue weighted by Crippen LogP contribution is 2.16. The summed E-state index contributed by atoms with van der Waals surface area (Å²) < 4.78 is 5.48. The van der Waals surface area contributed by atoms with E-state index in [4.69, 9.17) is 9.84 Å². The Bertz CT molecular complexity index is 395. The number of nitro groups is 1. The normalized spacial score (nSPS) is 12.1. The van der Waals surface area contributed by atoms with Crippen molar-refractivity contribution in [2.24, 2.45) is 5.92 Å². The quantitative estimate of drug-likeness (QED) is 0.389. The molecule has 2 N–H and O–H groups in total. The van der Waals surface area contributed by atoms with E-state index in [1.165, 1.54) is 12.1 Å². The van der Waals surface area contributed by atoms with Crippen molar-refractivity contribution < 1.29 is 14.8 Å². The van der Waals surface area contributed by atoms with Gasteiger partial charge < -0.3 is 15.2 Å². The van der Waals surface area contributed by atoms with Gasteiger partial charge in [-0.05, 0) is 31.0 Å². The van der Waals surface area contributed by atoms with Gasteiger partial charge in [0.25, 0.3) is 5.69 Å². The van der Waals surface area contributed by atoms with E-state index in [0.717, 1.165) is 19.4 Å². The number of non-ortho nitro benzene ring substituents is 1. The Morgan fingerprint density at radius 3 is 2.65 bits per heavy atom. The van der Waals surface area contributed by atoms with Gasteiger partial charge in [0.15, 0.2) is 0 Å². The van der Waals surface area contributed by atoms with Gasteiger partial charge in [0, 0.05) is 25.3 Å². The third kappa shape index (κ3) is 5.99. The molecule has 0 aromatic heterocycles. The molecule has 0 saturated heterocycles. The average molecular weight is 282 g/mol. The van der Waals surface area contributed by atoms with Crippen molar-refractivity contribution in [3.05, 3.63) is 34.4 Å². The Morgan fingerprint density at radius 2 is 2.10 bits per heavy atom. The second-order valence-corrected chi connectivity index (χ2v) is 4.59. The van der Waals surface area contributed by atoms with Gasteiger partial charge in [-0.25, -0.2) is 0 Å². The summed E-state index contributed by atoms with van der Waals surface area (Å²) in [6.45, 7) is 4.40. The van der Waals surface area contributed by atoms with E-state index in [0.29, 0.717) is 24.8 Å². The van der Waals surface area contributed by atoms with Crippen LogP contribution >= 0.6 is 0 Å². The second-order valence-electron chi connectivity index (χ2n) is 4.59. The lowest BCUT2D eigenvalue weighted by Crippen LogP contribution is -2.27. The summed E-state index contributed by atoms with van der Waals surface area (Å²) in [5.41, 5.74) is 0.0604. The predicted octanol–water partition coefficient (Wildman–Crippen LogP) is 1.97. The fourth-order valence-corrected chi connectivity index (χ4v) is 1.84. The maximum Gasteiger partial charge on any atom is 0.269 e. The van der Waals surface area contributed by atoms with Crippen LogP contribution in [-0.4, -0.2) is 36.3 Å². The molecular formula is C14H22N2O4. The van der Waals surface area contributed by atoms with Crippen LogP contribution in [0.5, 0.6) is 5.75 Å². The minimum atomic E-state index is -0.433. The number of nitrogens with zero attached hydrogens (tertiary/aromatic N) is 1. The van der Waals surface area contributed by atoms with Crippen molar-refractivity contribution in [1.29, 1.82) is 0 Å². The van der Waals surface area contributed by atoms with Gasteiger partial charge in [0.2, 0.25) is 0 Å². The summed E-state index contributed by atoms with van der Waals surface area (Å²) in [5.74, 6) is 1.11. The number of ether oxygens (including phenoxy) is 1. The molecule has 6 nitrogen and oxygen atoms in total. The number of aliphatic hydroxyl groups excluding tert-OH is 1. The Kier molecular flexibility index (Phi) is 7.60. The van der Waals surface area contributed by atoms with Crippen LogP contribution in [0.1, 0.15) is 19.8 Å². The zero-order chi connectivity index (χ0) is 14.8. The molecule has 0 aliphatic carbocycles. The number of rotatable bonds is 10. The molecule has 0 amide bonds. The number of benzene rings is 1. The van der Waals surface area contributed by atoms with Gasteiger partial charge in [-0.3, -0.25) is 10.1 Å². The monoisotopic (exact) mass is 282 g/mol. The van der Waals surface area contributed by atoms with E-state index >= 15 is 0 Å². The lowest BCUT2D eigenvalue weighted by Gasteiger charge is -2.14. The number of hydrogen-bond acceptors (Lipinski definition) is 5.